The van der Waals surface area contributed by atoms with E-state index in [4.69, 9.17) is 5.26 Å². The first kappa shape index (κ1) is 15.5. The second-order valence-corrected chi connectivity index (χ2v) is 5.69. The Morgan fingerprint density at radius 2 is 2.33 bits per heavy atom. The van der Waals surface area contributed by atoms with Crippen LogP contribution in [-0.4, -0.2) is 30.4 Å². The number of hydrogen-bond donors (Lipinski definition) is 1. The number of nitrogens with one attached hydrogen (secondary N) is 1. The van der Waals surface area contributed by atoms with E-state index in [0.717, 1.165) is 19.4 Å². The molecule has 1 N–H and O–H groups in total. The Kier molecular flexibility index (Phi) is 4.92. The third-order valence-electron chi connectivity index (χ3n) is 3.93. The largest absolute Gasteiger partial charge is 0.341 e. The Balaban J connectivity index is 2.05. The SMILES string of the molecule is CC1CC(C(=O)N(C)Cc2cc(C#N)ccc2F)CCN1. The van der Waals surface area contributed by atoms with Crippen LogP contribution in [0.4, 0.5) is 4.39 Å². The van der Waals surface area contributed by atoms with Crippen LogP contribution in [0.5, 0.6) is 0 Å². The molecule has 112 valence electrons. The van der Waals surface area contributed by atoms with Crippen molar-refractivity contribution in [1.82, 2.24) is 10.2 Å². The minimum absolute atomic E-state index is 0.00605. The Morgan fingerprint density at radius 3 is 3.00 bits per heavy atom. The van der Waals surface area contributed by atoms with E-state index < -0.39 is 0 Å². The molecule has 5 heteroatoms. The van der Waals surface area contributed by atoms with E-state index >= 15 is 0 Å². The molecule has 1 fully saturated rings. The highest BCUT2D eigenvalue weighted by molar-refractivity contribution is 5.78. The molecular weight excluding hydrogens is 269 g/mol. The first-order valence-corrected chi connectivity index (χ1v) is 7.18. The van der Waals surface area contributed by atoms with Gasteiger partial charge in [-0.25, -0.2) is 4.39 Å². The minimum atomic E-state index is -0.382. The van der Waals surface area contributed by atoms with Crippen molar-refractivity contribution in [2.45, 2.75) is 32.4 Å². The van der Waals surface area contributed by atoms with Gasteiger partial charge in [0, 0.05) is 31.1 Å². The van der Waals surface area contributed by atoms with Crippen LogP contribution in [-0.2, 0) is 11.3 Å². The van der Waals surface area contributed by atoms with Gasteiger partial charge in [0.25, 0.3) is 0 Å². The third-order valence-corrected chi connectivity index (χ3v) is 3.93. The van der Waals surface area contributed by atoms with E-state index in [1.165, 1.54) is 18.2 Å². The zero-order valence-corrected chi connectivity index (χ0v) is 12.4. The van der Waals surface area contributed by atoms with Gasteiger partial charge in [0.1, 0.15) is 5.82 Å². The number of rotatable bonds is 3. The van der Waals surface area contributed by atoms with Crippen molar-refractivity contribution in [2.75, 3.05) is 13.6 Å². The van der Waals surface area contributed by atoms with E-state index in [2.05, 4.69) is 12.2 Å². The zero-order chi connectivity index (χ0) is 15.4. The monoisotopic (exact) mass is 289 g/mol. The quantitative estimate of drug-likeness (QED) is 0.926. The van der Waals surface area contributed by atoms with Gasteiger partial charge in [-0.2, -0.15) is 5.26 Å². The van der Waals surface area contributed by atoms with Crippen LogP contribution in [0, 0.1) is 23.1 Å². The molecule has 0 aliphatic carbocycles. The number of nitrogens with zero attached hydrogens (tertiary/aromatic N) is 2. The van der Waals surface area contributed by atoms with Crippen molar-refractivity contribution in [3.63, 3.8) is 0 Å². The lowest BCUT2D eigenvalue weighted by Gasteiger charge is -2.30. The Bertz CT molecular complexity index is 567. The summed E-state index contributed by atoms with van der Waals surface area (Å²) in [4.78, 5) is 14.0. The fraction of sp³-hybridized carbons (Fsp3) is 0.500. The van der Waals surface area contributed by atoms with E-state index in [1.807, 2.05) is 6.07 Å². The van der Waals surface area contributed by atoms with Crippen LogP contribution in [0.3, 0.4) is 0 Å². The Morgan fingerprint density at radius 1 is 1.57 bits per heavy atom. The average molecular weight is 289 g/mol. The molecule has 0 bridgehead atoms. The van der Waals surface area contributed by atoms with Gasteiger partial charge in [-0.15, -0.1) is 0 Å². The van der Waals surface area contributed by atoms with Gasteiger partial charge in [0.05, 0.1) is 11.6 Å². The summed E-state index contributed by atoms with van der Waals surface area (Å²) in [5, 5.41) is 12.2. The lowest BCUT2D eigenvalue weighted by molar-refractivity contribution is -0.135. The number of halogens is 1. The number of benzene rings is 1. The van der Waals surface area contributed by atoms with Gasteiger partial charge in [0.15, 0.2) is 0 Å². The summed E-state index contributed by atoms with van der Waals surface area (Å²) in [6.07, 6.45) is 1.62. The summed E-state index contributed by atoms with van der Waals surface area (Å²) in [5.41, 5.74) is 0.787. The smallest absolute Gasteiger partial charge is 0.225 e. The first-order valence-electron chi connectivity index (χ1n) is 7.18. The highest BCUT2D eigenvalue weighted by Gasteiger charge is 2.27. The molecule has 1 heterocycles. The van der Waals surface area contributed by atoms with Crippen LogP contribution >= 0.6 is 0 Å². The van der Waals surface area contributed by atoms with Crippen LogP contribution in [0.15, 0.2) is 18.2 Å². The van der Waals surface area contributed by atoms with Crippen LogP contribution in [0.1, 0.15) is 30.9 Å². The standard InChI is InChI=1S/C16H20FN3O/c1-11-7-13(5-6-19-11)16(21)20(2)10-14-8-12(9-18)3-4-15(14)17/h3-4,8,11,13,19H,5-7,10H2,1-2H3. The molecule has 2 unspecified atom stereocenters. The highest BCUT2D eigenvalue weighted by atomic mass is 19.1. The second-order valence-electron chi connectivity index (χ2n) is 5.69. The van der Waals surface area contributed by atoms with Gasteiger partial charge in [-0.05, 0) is 44.5 Å². The summed E-state index contributed by atoms with van der Waals surface area (Å²) >= 11 is 0. The number of hydrogen-bond acceptors (Lipinski definition) is 3. The van der Waals surface area contributed by atoms with Gasteiger partial charge in [-0.3, -0.25) is 4.79 Å². The highest BCUT2D eigenvalue weighted by Crippen LogP contribution is 2.20. The fourth-order valence-electron chi connectivity index (χ4n) is 2.77. The molecular formula is C16H20FN3O. The molecule has 1 saturated heterocycles. The number of piperidine rings is 1. The van der Waals surface area contributed by atoms with E-state index in [1.54, 1.807) is 11.9 Å². The van der Waals surface area contributed by atoms with Crippen LogP contribution in [0.2, 0.25) is 0 Å². The lowest BCUT2D eigenvalue weighted by Crippen LogP contribution is -2.42. The summed E-state index contributed by atoms with van der Waals surface area (Å²) < 4.78 is 13.8. The molecule has 2 atom stereocenters. The van der Waals surface area contributed by atoms with E-state index in [9.17, 15) is 9.18 Å². The molecule has 1 aromatic carbocycles. The van der Waals surface area contributed by atoms with Crippen molar-refractivity contribution in [1.29, 1.82) is 5.26 Å². The topological polar surface area (TPSA) is 56.1 Å². The van der Waals surface area contributed by atoms with Gasteiger partial charge < -0.3 is 10.2 Å². The summed E-state index contributed by atoms with van der Waals surface area (Å²) in [6.45, 7) is 3.09. The van der Waals surface area contributed by atoms with Crippen molar-refractivity contribution in [3.8, 4) is 6.07 Å². The number of amides is 1. The predicted octanol–water partition coefficient (Wildman–Crippen LogP) is 2.04. The molecule has 21 heavy (non-hydrogen) atoms. The van der Waals surface area contributed by atoms with Crippen molar-refractivity contribution in [2.24, 2.45) is 5.92 Å². The summed E-state index contributed by atoms with van der Waals surface area (Å²) in [5.74, 6) is -0.342. The normalized spacial score (nSPS) is 21.6. The minimum Gasteiger partial charge on any atom is -0.341 e. The molecule has 0 saturated carbocycles. The lowest BCUT2D eigenvalue weighted by atomic mass is 9.92. The van der Waals surface area contributed by atoms with Crippen LogP contribution < -0.4 is 5.32 Å². The summed E-state index contributed by atoms with van der Waals surface area (Å²) in [6, 6.07) is 6.54. The fourth-order valence-corrected chi connectivity index (χ4v) is 2.77. The maximum atomic E-state index is 13.8. The number of carbonyl (C=O) groups is 1. The molecule has 2 rings (SSSR count). The maximum Gasteiger partial charge on any atom is 0.225 e. The Hall–Kier alpha value is -1.93. The molecule has 1 aliphatic heterocycles. The van der Waals surface area contributed by atoms with Crippen molar-refractivity contribution in [3.05, 3.63) is 35.1 Å². The molecule has 0 spiro atoms. The molecule has 0 aromatic heterocycles. The van der Waals surface area contributed by atoms with Gasteiger partial charge >= 0.3 is 0 Å². The number of nitriles is 1. The number of carbonyl (C=O) groups excluding carboxylic acids is 1. The van der Waals surface area contributed by atoms with Crippen molar-refractivity contribution < 1.29 is 9.18 Å². The summed E-state index contributed by atoms with van der Waals surface area (Å²) in [7, 11) is 1.69. The molecule has 1 aliphatic rings. The van der Waals surface area contributed by atoms with E-state index in [0.29, 0.717) is 17.2 Å². The first-order chi connectivity index (χ1) is 10.0. The maximum absolute atomic E-state index is 13.8. The van der Waals surface area contributed by atoms with Crippen LogP contribution in [0.25, 0.3) is 0 Å². The Labute approximate surface area is 124 Å². The molecule has 0 radical (unpaired) electrons. The van der Waals surface area contributed by atoms with E-state index in [-0.39, 0.29) is 24.2 Å². The molecule has 4 nitrogen and oxygen atoms in total. The second kappa shape index (κ2) is 6.68. The van der Waals surface area contributed by atoms with Crippen molar-refractivity contribution >= 4 is 5.91 Å². The van der Waals surface area contributed by atoms with Gasteiger partial charge in [-0.1, -0.05) is 0 Å². The molecule has 1 aromatic rings. The predicted molar refractivity (Wildman–Crippen MR) is 77.8 cm³/mol. The molecule has 1 amide bonds. The zero-order valence-electron chi connectivity index (χ0n) is 12.4. The van der Waals surface area contributed by atoms with Gasteiger partial charge in [0.2, 0.25) is 5.91 Å². The average Bonchev–Trinajstić information content (AvgIpc) is 2.48. The third kappa shape index (κ3) is 3.79.